The van der Waals surface area contributed by atoms with E-state index in [0.717, 1.165) is 0 Å². The summed E-state index contributed by atoms with van der Waals surface area (Å²) in [6, 6.07) is 0. The average Bonchev–Trinajstić information content (AvgIpc) is 2.18. The number of hydrogen-bond acceptors (Lipinski definition) is 0. The predicted octanol–water partition coefficient (Wildman–Crippen LogP) is 4.44. The molecule has 0 aromatic heterocycles. The Bertz CT molecular complexity index is 135. The normalized spacial score (nSPS) is 21.5. The highest BCUT2D eigenvalue weighted by Gasteiger charge is 1.88. The maximum atomic E-state index is 2.39. The zero-order valence-electron chi connectivity index (χ0n) is 8.54. The minimum Gasteiger partial charge on any atom is -0.0885 e. The summed E-state index contributed by atoms with van der Waals surface area (Å²) in [5.74, 6) is 0. The molecule has 0 bridgehead atoms. The van der Waals surface area contributed by atoms with Gasteiger partial charge in [0.25, 0.3) is 0 Å². The Balaban J connectivity index is 2.18. The van der Waals surface area contributed by atoms with Crippen LogP contribution in [0, 0.1) is 6.42 Å². The number of rotatable bonds is 0. The Hall–Kier alpha value is -0.520. The lowest BCUT2D eigenvalue weighted by atomic mass is 10.1. The summed E-state index contributed by atoms with van der Waals surface area (Å²) >= 11 is 0. The van der Waals surface area contributed by atoms with Crippen LogP contribution in [0.4, 0.5) is 0 Å². The standard InChI is InChI=1S/C13H21/c1-2-4-6-8-10-12-13-11-9-7-5-3-1/h1-2,5,12-13H,3-4,6-11H2. The van der Waals surface area contributed by atoms with Crippen LogP contribution in [-0.4, -0.2) is 0 Å². The largest absolute Gasteiger partial charge is 0.0885 e. The first-order valence-electron chi connectivity index (χ1n) is 5.62. The third kappa shape index (κ3) is 6.62. The number of hydrogen-bond donors (Lipinski definition) is 0. The summed E-state index contributed by atoms with van der Waals surface area (Å²) in [6.07, 6.45) is 22.0. The van der Waals surface area contributed by atoms with Crippen LogP contribution in [0.15, 0.2) is 24.3 Å². The lowest BCUT2D eigenvalue weighted by Crippen LogP contribution is -1.75. The van der Waals surface area contributed by atoms with Crippen molar-refractivity contribution in [3.63, 3.8) is 0 Å². The van der Waals surface area contributed by atoms with Gasteiger partial charge in [0, 0.05) is 0 Å². The third-order valence-corrected chi connectivity index (χ3v) is 2.41. The maximum absolute atomic E-state index is 2.39. The van der Waals surface area contributed by atoms with Crippen molar-refractivity contribution in [2.45, 2.75) is 51.4 Å². The molecule has 0 heterocycles. The molecule has 0 saturated carbocycles. The quantitative estimate of drug-likeness (QED) is 0.480. The van der Waals surface area contributed by atoms with Crippen molar-refractivity contribution in [3.8, 4) is 0 Å². The monoisotopic (exact) mass is 177 g/mol. The van der Waals surface area contributed by atoms with Crippen molar-refractivity contribution in [3.05, 3.63) is 30.7 Å². The molecule has 0 aliphatic heterocycles. The van der Waals surface area contributed by atoms with Gasteiger partial charge in [-0.2, -0.15) is 0 Å². The van der Waals surface area contributed by atoms with Gasteiger partial charge in [-0.3, -0.25) is 0 Å². The molecule has 1 rings (SSSR count). The molecule has 0 amide bonds. The molecule has 1 aliphatic rings. The minimum absolute atomic E-state index is 1.17. The summed E-state index contributed by atoms with van der Waals surface area (Å²) in [6.45, 7) is 0. The fourth-order valence-electron chi connectivity index (χ4n) is 1.57. The second-order valence-electron chi connectivity index (χ2n) is 3.68. The molecular formula is C13H21. The van der Waals surface area contributed by atoms with Crippen LogP contribution in [0.2, 0.25) is 0 Å². The SMILES string of the molecule is [CH]1CC=CCCCCC=CCCC1. The van der Waals surface area contributed by atoms with Crippen LogP contribution in [0.5, 0.6) is 0 Å². The summed E-state index contributed by atoms with van der Waals surface area (Å²) in [5.41, 5.74) is 0. The van der Waals surface area contributed by atoms with Gasteiger partial charge in [-0.15, -0.1) is 0 Å². The van der Waals surface area contributed by atoms with Crippen molar-refractivity contribution in [2.75, 3.05) is 0 Å². The Morgan fingerprint density at radius 1 is 0.538 bits per heavy atom. The van der Waals surface area contributed by atoms with Crippen LogP contribution < -0.4 is 0 Å². The highest BCUT2D eigenvalue weighted by Crippen LogP contribution is 2.08. The van der Waals surface area contributed by atoms with Gasteiger partial charge in [-0.1, -0.05) is 24.3 Å². The molecule has 0 N–H and O–H groups in total. The Kier molecular flexibility index (Phi) is 6.58. The first-order chi connectivity index (χ1) is 6.50. The Labute approximate surface area is 82.7 Å². The predicted molar refractivity (Wildman–Crippen MR) is 59.5 cm³/mol. The molecular weight excluding hydrogens is 156 g/mol. The van der Waals surface area contributed by atoms with Gasteiger partial charge in [0.1, 0.15) is 0 Å². The van der Waals surface area contributed by atoms with E-state index in [1.807, 2.05) is 0 Å². The van der Waals surface area contributed by atoms with Crippen LogP contribution in [0.25, 0.3) is 0 Å². The van der Waals surface area contributed by atoms with E-state index in [1.165, 1.54) is 51.4 Å². The molecule has 0 unspecified atom stereocenters. The van der Waals surface area contributed by atoms with E-state index >= 15 is 0 Å². The van der Waals surface area contributed by atoms with Crippen molar-refractivity contribution in [2.24, 2.45) is 0 Å². The van der Waals surface area contributed by atoms with Crippen LogP contribution >= 0.6 is 0 Å². The van der Waals surface area contributed by atoms with Gasteiger partial charge in [-0.25, -0.2) is 0 Å². The van der Waals surface area contributed by atoms with Gasteiger partial charge >= 0.3 is 0 Å². The molecule has 0 aromatic carbocycles. The second kappa shape index (κ2) is 8.10. The highest BCUT2D eigenvalue weighted by atomic mass is 13.9. The van der Waals surface area contributed by atoms with E-state index in [9.17, 15) is 0 Å². The summed E-state index contributed by atoms with van der Waals surface area (Å²) in [7, 11) is 0. The molecule has 13 heavy (non-hydrogen) atoms. The molecule has 1 aliphatic carbocycles. The van der Waals surface area contributed by atoms with Gasteiger partial charge < -0.3 is 0 Å². The van der Waals surface area contributed by atoms with Crippen molar-refractivity contribution in [1.29, 1.82) is 0 Å². The van der Waals surface area contributed by atoms with E-state index in [1.54, 1.807) is 0 Å². The third-order valence-electron chi connectivity index (χ3n) is 2.41. The fraction of sp³-hybridized carbons (Fsp3) is 0.615. The zero-order chi connectivity index (χ0) is 9.19. The number of allylic oxidation sites excluding steroid dienone is 4. The average molecular weight is 177 g/mol. The Morgan fingerprint density at radius 3 is 1.92 bits per heavy atom. The van der Waals surface area contributed by atoms with E-state index in [-0.39, 0.29) is 0 Å². The van der Waals surface area contributed by atoms with Gasteiger partial charge in [0.05, 0.1) is 0 Å². The molecule has 73 valence electrons. The molecule has 0 nitrogen and oxygen atoms in total. The molecule has 1 radical (unpaired) electrons. The molecule has 0 aromatic rings. The fourth-order valence-corrected chi connectivity index (χ4v) is 1.57. The van der Waals surface area contributed by atoms with Crippen molar-refractivity contribution in [1.82, 2.24) is 0 Å². The molecule has 0 heteroatoms. The first-order valence-corrected chi connectivity index (χ1v) is 5.62. The zero-order valence-corrected chi connectivity index (χ0v) is 8.54. The topological polar surface area (TPSA) is 0 Å². The Morgan fingerprint density at radius 2 is 1.15 bits per heavy atom. The second-order valence-corrected chi connectivity index (χ2v) is 3.68. The molecule has 0 fully saturated rings. The maximum Gasteiger partial charge on any atom is -0.0319 e. The van der Waals surface area contributed by atoms with Crippen LogP contribution in [0.1, 0.15) is 51.4 Å². The highest BCUT2D eigenvalue weighted by molar-refractivity contribution is 4.89. The van der Waals surface area contributed by atoms with E-state index in [0.29, 0.717) is 0 Å². The van der Waals surface area contributed by atoms with Crippen LogP contribution in [0.3, 0.4) is 0 Å². The molecule has 0 atom stereocenters. The lowest BCUT2D eigenvalue weighted by Gasteiger charge is -1.93. The van der Waals surface area contributed by atoms with Gasteiger partial charge in [-0.05, 0) is 57.8 Å². The summed E-state index contributed by atoms with van der Waals surface area (Å²) in [4.78, 5) is 0. The van der Waals surface area contributed by atoms with E-state index in [2.05, 4.69) is 30.7 Å². The van der Waals surface area contributed by atoms with E-state index < -0.39 is 0 Å². The van der Waals surface area contributed by atoms with E-state index in [4.69, 9.17) is 0 Å². The first kappa shape index (κ1) is 10.6. The van der Waals surface area contributed by atoms with Crippen molar-refractivity contribution < 1.29 is 0 Å². The van der Waals surface area contributed by atoms with Gasteiger partial charge in [0.2, 0.25) is 0 Å². The van der Waals surface area contributed by atoms with Crippen molar-refractivity contribution >= 4 is 0 Å². The lowest BCUT2D eigenvalue weighted by molar-refractivity contribution is 0.759. The summed E-state index contributed by atoms with van der Waals surface area (Å²) < 4.78 is 0. The molecule has 0 spiro atoms. The molecule has 0 saturated heterocycles. The van der Waals surface area contributed by atoms with Gasteiger partial charge in [0.15, 0.2) is 0 Å². The smallest absolute Gasteiger partial charge is 0.0319 e. The minimum atomic E-state index is 1.17. The summed E-state index contributed by atoms with van der Waals surface area (Å²) in [5, 5.41) is 0. The van der Waals surface area contributed by atoms with Crippen LogP contribution in [-0.2, 0) is 0 Å².